The Morgan fingerprint density at radius 3 is 2.39 bits per heavy atom. The van der Waals surface area contributed by atoms with Gasteiger partial charge in [-0.05, 0) is 55.7 Å². The fourth-order valence-corrected chi connectivity index (χ4v) is 4.73. The minimum Gasteiger partial charge on any atom is -0.497 e. The van der Waals surface area contributed by atoms with Gasteiger partial charge in [0, 0.05) is 38.3 Å². The molecule has 2 saturated heterocycles. The second-order valence-corrected chi connectivity index (χ2v) is 8.64. The van der Waals surface area contributed by atoms with Crippen molar-refractivity contribution < 1.29 is 9.47 Å². The summed E-state index contributed by atoms with van der Waals surface area (Å²) in [6.45, 7) is 12.3. The minimum atomic E-state index is 0.0399. The maximum absolute atomic E-state index is 5.69. The molecule has 2 unspecified atom stereocenters. The summed E-state index contributed by atoms with van der Waals surface area (Å²) in [6, 6.07) is 8.54. The number of methoxy groups -OCH3 is 1. The number of rotatable bonds is 5. The number of aliphatic imine (C=N–C) groups is 1. The zero-order valence-electron chi connectivity index (χ0n) is 18.0. The van der Waals surface area contributed by atoms with Gasteiger partial charge in [-0.25, -0.2) is 0 Å². The van der Waals surface area contributed by atoms with Crippen molar-refractivity contribution >= 4 is 5.96 Å². The van der Waals surface area contributed by atoms with Gasteiger partial charge in [-0.1, -0.05) is 26.0 Å². The predicted octanol–water partition coefficient (Wildman–Crippen LogP) is 3.69. The predicted molar refractivity (Wildman–Crippen MR) is 115 cm³/mol. The van der Waals surface area contributed by atoms with Crippen molar-refractivity contribution in [3.8, 4) is 5.75 Å². The van der Waals surface area contributed by atoms with Gasteiger partial charge in [-0.3, -0.25) is 4.99 Å². The van der Waals surface area contributed by atoms with Crippen LogP contribution in [0.4, 0.5) is 0 Å². The van der Waals surface area contributed by atoms with Crippen molar-refractivity contribution in [1.82, 2.24) is 10.2 Å². The third-order valence-corrected chi connectivity index (χ3v) is 6.19. The molecular formula is C23H37N3O2. The third kappa shape index (κ3) is 4.99. The van der Waals surface area contributed by atoms with E-state index in [0.717, 1.165) is 63.9 Å². The molecule has 2 atom stereocenters. The van der Waals surface area contributed by atoms with Crippen LogP contribution in [0.3, 0.4) is 0 Å². The zero-order valence-corrected chi connectivity index (χ0v) is 18.0. The Balaban J connectivity index is 1.83. The second kappa shape index (κ2) is 9.64. The van der Waals surface area contributed by atoms with E-state index in [1.54, 1.807) is 7.11 Å². The molecular weight excluding hydrogens is 350 g/mol. The van der Waals surface area contributed by atoms with Crippen LogP contribution in [-0.4, -0.2) is 57.4 Å². The molecule has 2 aliphatic heterocycles. The lowest BCUT2D eigenvalue weighted by molar-refractivity contribution is 0.0529. The number of piperidine rings is 1. The van der Waals surface area contributed by atoms with Crippen molar-refractivity contribution in [2.75, 3.05) is 46.5 Å². The Labute approximate surface area is 170 Å². The lowest BCUT2D eigenvalue weighted by Gasteiger charge is -2.39. The number of nitrogens with one attached hydrogen (secondary N) is 1. The van der Waals surface area contributed by atoms with Crippen molar-refractivity contribution in [3.05, 3.63) is 29.8 Å². The molecule has 0 saturated carbocycles. The van der Waals surface area contributed by atoms with E-state index in [-0.39, 0.29) is 5.41 Å². The van der Waals surface area contributed by atoms with Crippen LogP contribution in [0.1, 0.15) is 45.6 Å². The van der Waals surface area contributed by atoms with Gasteiger partial charge in [0.1, 0.15) is 5.75 Å². The Morgan fingerprint density at radius 2 is 1.82 bits per heavy atom. The number of hydrogen-bond acceptors (Lipinski definition) is 3. The number of likely N-dealkylation sites (tertiary alicyclic amines) is 1. The summed E-state index contributed by atoms with van der Waals surface area (Å²) in [4.78, 5) is 7.63. The molecule has 0 bridgehead atoms. The smallest absolute Gasteiger partial charge is 0.193 e. The molecule has 0 radical (unpaired) electrons. The average molecular weight is 388 g/mol. The van der Waals surface area contributed by atoms with Gasteiger partial charge in [-0.15, -0.1) is 0 Å². The molecule has 156 valence electrons. The topological polar surface area (TPSA) is 46.1 Å². The van der Waals surface area contributed by atoms with Crippen LogP contribution in [0.15, 0.2) is 29.3 Å². The van der Waals surface area contributed by atoms with Gasteiger partial charge >= 0.3 is 0 Å². The van der Waals surface area contributed by atoms with Crippen LogP contribution in [0, 0.1) is 11.8 Å². The zero-order chi connectivity index (χ0) is 20.0. The van der Waals surface area contributed by atoms with E-state index in [1.807, 2.05) is 0 Å². The molecule has 2 fully saturated rings. The van der Waals surface area contributed by atoms with Gasteiger partial charge in [0.25, 0.3) is 0 Å². The molecule has 5 nitrogen and oxygen atoms in total. The molecule has 2 aliphatic rings. The first kappa shape index (κ1) is 21.0. The van der Waals surface area contributed by atoms with Crippen LogP contribution < -0.4 is 10.1 Å². The fraction of sp³-hybridized carbons (Fsp3) is 0.696. The maximum atomic E-state index is 5.69. The number of ether oxygens (including phenoxy) is 2. The normalized spacial score (nSPS) is 25.4. The monoisotopic (exact) mass is 387 g/mol. The molecule has 3 rings (SSSR count). The van der Waals surface area contributed by atoms with Crippen LogP contribution in [-0.2, 0) is 10.2 Å². The molecule has 1 N–H and O–H groups in total. The van der Waals surface area contributed by atoms with E-state index in [2.05, 4.69) is 55.3 Å². The summed E-state index contributed by atoms with van der Waals surface area (Å²) >= 11 is 0. The highest BCUT2D eigenvalue weighted by Gasteiger charge is 2.35. The first-order chi connectivity index (χ1) is 13.6. The number of guanidine groups is 1. The molecule has 0 aliphatic carbocycles. The molecule has 1 aromatic rings. The first-order valence-corrected chi connectivity index (χ1v) is 10.8. The second-order valence-electron chi connectivity index (χ2n) is 8.64. The molecule has 0 spiro atoms. The number of nitrogens with zero attached hydrogens (tertiary/aromatic N) is 2. The highest BCUT2D eigenvalue weighted by Crippen LogP contribution is 2.36. The Hall–Kier alpha value is -1.75. The first-order valence-electron chi connectivity index (χ1n) is 10.8. The van der Waals surface area contributed by atoms with Crippen molar-refractivity contribution in [2.24, 2.45) is 16.8 Å². The van der Waals surface area contributed by atoms with Crippen LogP contribution in [0.2, 0.25) is 0 Å². The lowest BCUT2D eigenvalue weighted by Crippen LogP contribution is -2.49. The van der Waals surface area contributed by atoms with Crippen LogP contribution in [0.25, 0.3) is 0 Å². The van der Waals surface area contributed by atoms with Crippen molar-refractivity contribution in [3.63, 3.8) is 0 Å². The summed E-state index contributed by atoms with van der Waals surface area (Å²) in [7, 11) is 1.72. The largest absolute Gasteiger partial charge is 0.497 e. The Bertz CT molecular complexity index is 628. The fourth-order valence-electron chi connectivity index (χ4n) is 4.73. The SMILES string of the molecule is CCNC(=NCC1(c2ccc(OC)cc2)CCOCC1)N1CC(C)CC(C)C1. The Morgan fingerprint density at radius 1 is 1.18 bits per heavy atom. The third-order valence-electron chi connectivity index (χ3n) is 6.19. The number of benzene rings is 1. The molecule has 5 heteroatoms. The lowest BCUT2D eigenvalue weighted by atomic mass is 9.74. The standard InChI is InChI=1S/C23H37N3O2/c1-5-24-22(26-15-18(2)14-19(3)16-26)25-17-23(10-12-28-13-11-23)20-6-8-21(27-4)9-7-20/h6-9,18-19H,5,10-17H2,1-4H3,(H,24,25). The molecule has 0 amide bonds. The number of hydrogen-bond donors (Lipinski definition) is 1. The van der Waals surface area contributed by atoms with Gasteiger partial charge in [0.2, 0.25) is 0 Å². The molecule has 28 heavy (non-hydrogen) atoms. The Kier molecular flexibility index (Phi) is 7.22. The molecule has 2 heterocycles. The summed E-state index contributed by atoms with van der Waals surface area (Å²) in [5.74, 6) is 3.40. The highest BCUT2D eigenvalue weighted by atomic mass is 16.5. The van der Waals surface area contributed by atoms with Gasteiger partial charge in [0.05, 0.1) is 13.7 Å². The van der Waals surface area contributed by atoms with Crippen molar-refractivity contribution in [1.29, 1.82) is 0 Å². The van der Waals surface area contributed by atoms with E-state index in [4.69, 9.17) is 14.5 Å². The van der Waals surface area contributed by atoms with Gasteiger partial charge in [-0.2, -0.15) is 0 Å². The van der Waals surface area contributed by atoms with Crippen LogP contribution in [0.5, 0.6) is 5.75 Å². The molecule has 0 aromatic heterocycles. The van der Waals surface area contributed by atoms with Gasteiger partial charge in [0.15, 0.2) is 5.96 Å². The van der Waals surface area contributed by atoms with E-state index < -0.39 is 0 Å². The van der Waals surface area contributed by atoms with Crippen molar-refractivity contribution in [2.45, 2.75) is 45.4 Å². The highest BCUT2D eigenvalue weighted by molar-refractivity contribution is 5.80. The summed E-state index contributed by atoms with van der Waals surface area (Å²) in [5.41, 5.74) is 1.38. The summed E-state index contributed by atoms with van der Waals surface area (Å²) in [5, 5.41) is 3.54. The van der Waals surface area contributed by atoms with E-state index in [9.17, 15) is 0 Å². The molecule has 1 aromatic carbocycles. The minimum absolute atomic E-state index is 0.0399. The van der Waals surface area contributed by atoms with Gasteiger partial charge < -0.3 is 19.7 Å². The summed E-state index contributed by atoms with van der Waals surface area (Å²) < 4.78 is 11.0. The van der Waals surface area contributed by atoms with E-state index >= 15 is 0 Å². The maximum Gasteiger partial charge on any atom is 0.193 e. The van der Waals surface area contributed by atoms with E-state index in [0.29, 0.717) is 11.8 Å². The summed E-state index contributed by atoms with van der Waals surface area (Å²) in [6.07, 6.45) is 3.33. The van der Waals surface area contributed by atoms with E-state index in [1.165, 1.54) is 12.0 Å². The quantitative estimate of drug-likeness (QED) is 0.618. The average Bonchev–Trinajstić information content (AvgIpc) is 2.71. The van der Waals surface area contributed by atoms with Crippen LogP contribution >= 0.6 is 0 Å².